The van der Waals surface area contributed by atoms with E-state index in [0.29, 0.717) is 0 Å². The Kier molecular flexibility index (Phi) is 5.83. The summed E-state index contributed by atoms with van der Waals surface area (Å²) < 4.78 is 35.0. The van der Waals surface area contributed by atoms with E-state index in [1.54, 1.807) is 0 Å². The molecule has 0 spiro atoms. The molecule has 1 aromatic heterocycles. The molecule has 0 amide bonds. The van der Waals surface area contributed by atoms with Crippen molar-refractivity contribution < 1.29 is 33.4 Å². The van der Waals surface area contributed by atoms with Gasteiger partial charge in [-0.2, -0.15) is 18.5 Å². The van der Waals surface area contributed by atoms with E-state index in [9.17, 15) is 0 Å². The summed E-state index contributed by atoms with van der Waals surface area (Å²) in [4.78, 5) is 0. The zero-order chi connectivity index (χ0) is 16.2. The van der Waals surface area contributed by atoms with Gasteiger partial charge in [0.2, 0.25) is 5.69 Å². The molecule has 21 heavy (non-hydrogen) atoms. The van der Waals surface area contributed by atoms with Crippen molar-refractivity contribution in [3.63, 3.8) is 0 Å². The van der Waals surface area contributed by atoms with Gasteiger partial charge in [0.15, 0.2) is 11.4 Å². The highest BCUT2D eigenvalue weighted by Gasteiger charge is 2.14. The monoisotopic (exact) mass is 312 g/mol. The second kappa shape index (κ2) is 6.98. The maximum absolute atomic E-state index is 8.60. The number of halogens is 1. The maximum Gasteiger partial charge on any atom is 0.211 e. The first-order valence-electron chi connectivity index (χ1n) is 6.28. The van der Waals surface area contributed by atoms with Gasteiger partial charge in [-0.25, -0.2) is 0 Å². The molecule has 0 aliphatic carbocycles. The lowest BCUT2D eigenvalue weighted by atomic mass is 10.1. The van der Waals surface area contributed by atoms with Crippen molar-refractivity contribution in [3.8, 4) is 5.69 Å². The highest BCUT2D eigenvalue weighted by molar-refractivity contribution is 5.29. The van der Waals surface area contributed by atoms with Crippen LogP contribution >= 0.6 is 0 Å². The van der Waals surface area contributed by atoms with E-state index >= 15 is 0 Å². The van der Waals surface area contributed by atoms with Crippen LogP contribution in [0.3, 0.4) is 0 Å². The zero-order valence-electron chi connectivity index (χ0n) is 12.5. The predicted molar refractivity (Wildman–Crippen MR) is 69.1 cm³/mol. The quantitative estimate of drug-likeness (QED) is 0.689. The maximum atomic E-state index is 8.60. The molecule has 0 fully saturated rings. The molecule has 0 radical (unpaired) electrons. The van der Waals surface area contributed by atoms with Crippen LogP contribution in [0.1, 0.15) is 22.5 Å². The summed E-state index contributed by atoms with van der Waals surface area (Å²) in [6.07, 6.45) is 0. The Labute approximate surface area is 126 Å². The largest absolute Gasteiger partial charge is 0.211 e. The summed E-state index contributed by atoms with van der Waals surface area (Å²) in [7, 11) is -4.69. The van der Waals surface area contributed by atoms with Crippen LogP contribution in [0.2, 0.25) is 0 Å². The molecule has 0 saturated carbocycles. The van der Waals surface area contributed by atoms with Crippen LogP contribution in [-0.2, 0) is 0 Å². The van der Waals surface area contributed by atoms with Crippen molar-refractivity contribution in [1.82, 2.24) is 0 Å². The highest BCUT2D eigenvalue weighted by Crippen LogP contribution is 2.09. The first-order chi connectivity index (χ1) is 9.58. The molecule has 1 aromatic carbocycles. The second-order valence-corrected chi connectivity index (χ2v) is 5.68. The van der Waals surface area contributed by atoms with E-state index in [4.69, 9.17) is 18.6 Å². The minimum atomic E-state index is -4.69. The normalized spacial score (nSPS) is 10.9. The Morgan fingerprint density at radius 2 is 1.33 bits per heavy atom. The smallest absolute Gasteiger partial charge is 0.183 e. The van der Waals surface area contributed by atoms with Crippen molar-refractivity contribution in [2.24, 2.45) is 0 Å². The number of aromatic nitrogens is 1. The van der Waals surface area contributed by atoms with Crippen LogP contribution in [0.25, 0.3) is 5.69 Å². The predicted octanol–water partition coefficient (Wildman–Crippen LogP) is -0.927. The van der Waals surface area contributed by atoms with Crippen LogP contribution in [0, 0.1) is 37.9 Å². The molecular weight excluding hydrogens is 294 g/mol. The Morgan fingerprint density at radius 1 is 0.857 bits per heavy atom. The molecule has 6 heteroatoms. The molecular formula is C15H19ClNO4+. The molecule has 0 aliphatic heterocycles. The Balaban J connectivity index is 0.000000383. The number of benzene rings is 1. The average Bonchev–Trinajstić information content (AvgIpc) is 2.24. The Hall–Kier alpha value is -1.50. The first-order valence-corrected chi connectivity index (χ1v) is 7.54. The van der Waals surface area contributed by atoms with Crippen molar-refractivity contribution >= 4 is 0 Å². The number of aryl methyl sites for hydroxylation is 4. The second-order valence-electron chi connectivity index (χ2n) is 4.89. The third kappa shape index (κ3) is 6.20. The van der Waals surface area contributed by atoms with E-state index in [-0.39, 0.29) is 0 Å². The molecule has 1 N–H and O–H groups in total. The molecule has 5 nitrogen and oxygen atoms in total. The summed E-state index contributed by atoms with van der Waals surface area (Å²) in [5.41, 5.74) is 6.42. The van der Waals surface area contributed by atoms with Gasteiger partial charge >= 0.3 is 0 Å². The minimum Gasteiger partial charge on any atom is -0.183 e. The van der Waals surface area contributed by atoms with Gasteiger partial charge in [-0.1, -0.05) is 12.1 Å². The van der Waals surface area contributed by atoms with E-state index in [0.717, 1.165) is 0 Å². The van der Waals surface area contributed by atoms with E-state index in [1.165, 1.54) is 28.2 Å². The molecule has 2 aromatic rings. The summed E-state index contributed by atoms with van der Waals surface area (Å²) in [5, 5.41) is 0. The SMILES string of the molecule is Cc1cccc(-[n+]2c(C)cc(C)cc2C)c1.[O-][Cl+3]([O-])([O-])O. The molecule has 2 rings (SSSR count). The van der Waals surface area contributed by atoms with E-state index in [2.05, 4.69) is 68.7 Å². The number of nitrogens with zero attached hydrogens (tertiary/aromatic N) is 1. The fraction of sp³-hybridized carbons (Fsp3) is 0.267. The lowest BCUT2D eigenvalue weighted by Crippen LogP contribution is -2.58. The molecule has 0 atom stereocenters. The zero-order valence-corrected chi connectivity index (χ0v) is 13.2. The van der Waals surface area contributed by atoms with Crippen molar-refractivity contribution in [2.45, 2.75) is 27.7 Å². The summed E-state index contributed by atoms with van der Waals surface area (Å²) in [5.74, 6) is 0. The minimum absolute atomic E-state index is 1.25. The van der Waals surface area contributed by atoms with Crippen molar-refractivity contribution in [1.29, 1.82) is 0 Å². The fourth-order valence-corrected chi connectivity index (χ4v) is 2.28. The van der Waals surface area contributed by atoms with Gasteiger partial charge in [-0.05, 0) is 25.0 Å². The van der Waals surface area contributed by atoms with Crippen molar-refractivity contribution in [3.05, 3.63) is 58.9 Å². The van der Waals surface area contributed by atoms with Gasteiger partial charge in [-0.3, -0.25) is 0 Å². The van der Waals surface area contributed by atoms with Crippen LogP contribution in [0.5, 0.6) is 0 Å². The van der Waals surface area contributed by atoms with Crippen LogP contribution < -0.4 is 18.5 Å². The molecule has 1 heterocycles. The fourth-order valence-electron chi connectivity index (χ4n) is 2.28. The average molecular weight is 313 g/mol. The Morgan fingerprint density at radius 3 is 1.76 bits per heavy atom. The number of hydrogen-bond acceptors (Lipinski definition) is 4. The van der Waals surface area contributed by atoms with Gasteiger partial charge in [0.25, 0.3) is 0 Å². The first kappa shape index (κ1) is 17.6. The third-order valence-corrected chi connectivity index (χ3v) is 2.84. The summed E-state index contributed by atoms with van der Waals surface area (Å²) in [6.45, 7) is 8.58. The summed E-state index contributed by atoms with van der Waals surface area (Å²) in [6, 6.07) is 13.0. The molecule has 0 saturated heterocycles. The van der Waals surface area contributed by atoms with Gasteiger partial charge in [0, 0.05) is 38.1 Å². The lowest BCUT2D eigenvalue weighted by Gasteiger charge is -2.05. The van der Waals surface area contributed by atoms with Gasteiger partial charge in [0.1, 0.15) is 0 Å². The molecule has 0 bridgehead atoms. The van der Waals surface area contributed by atoms with Crippen molar-refractivity contribution in [2.75, 3.05) is 0 Å². The molecule has 0 aliphatic rings. The topological polar surface area (TPSA) is 93.3 Å². The molecule has 114 valence electrons. The standard InChI is InChI=1S/C15H18N.ClHO4/c1-11-6-5-7-15(10-11)16-13(3)8-12(2)9-14(16)4;2-1(3,4)5/h5-10H,1-4H3;(H,2,3,4,5)/q+1;. The van der Waals surface area contributed by atoms with Gasteiger partial charge < -0.3 is 0 Å². The van der Waals surface area contributed by atoms with Crippen LogP contribution in [0.4, 0.5) is 0 Å². The summed E-state index contributed by atoms with van der Waals surface area (Å²) >= 11 is 0. The van der Waals surface area contributed by atoms with Crippen LogP contribution in [-0.4, -0.2) is 4.66 Å². The number of rotatable bonds is 1. The van der Waals surface area contributed by atoms with Gasteiger partial charge in [0.05, 0.1) is 14.9 Å². The lowest BCUT2D eigenvalue weighted by molar-refractivity contribution is -1.92. The van der Waals surface area contributed by atoms with Crippen LogP contribution in [0.15, 0.2) is 36.4 Å². The number of pyridine rings is 1. The number of hydrogen-bond donors (Lipinski definition) is 1. The highest BCUT2D eigenvalue weighted by atomic mass is 35.7. The van der Waals surface area contributed by atoms with E-state index in [1.807, 2.05) is 0 Å². The van der Waals surface area contributed by atoms with Gasteiger partial charge in [-0.15, -0.1) is 0 Å². The Bertz CT molecular complexity index is 594. The molecule has 0 unspecified atom stereocenters. The van der Waals surface area contributed by atoms with E-state index < -0.39 is 10.2 Å². The third-order valence-electron chi connectivity index (χ3n) is 2.84.